The minimum Gasteiger partial charge on any atom is -0.497 e. The van der Waals surface area contributed by atoms with Crippen LogP contribution in [0.5, 0.6) is 17.2 Å². The second-order valence-electron chi connectivity index (χ2n) is 7.37. The van der Waals surface area contributed by atoms with E-state index in [-0.39, 0.29) is 5.78 Å². The summed E-state index contributed by atoms with van der Waals surface area (Å²) in [7, 11) is 1.61. The summed E-state index contributed by atoms with van der Waals surface area (Å²) in [5, 5.41) is 1.64. The molecule has 0 spiro atoms. The van der Waals surface area contributed by atoms with Crippen LogP contribution in [-0.4, -0.2) is 17.5 Å². The zero-order valence-electron chi connectivity index (χ0n) is 17.6. The number of ether oxygens (including phenoxy) is 2. The number of fused-ring (bicyclic) bond motifs is 1. The van der Waals surface area contributed by atoms with Crippen molar-refractivity contribution >= 4 is 28.3 Å². The normalized spacial score (nSPS) is 10.9. The minimum absolute atomic E-state index is 0.00451. The highest BCUT2D eigenvalue weighted by molar-refractivity contribution is 6.30. The predicted molar refractivity (Wildman–Crippen MR) is 125 cm³/mol. The van der Waals surface area contributed by atoms with E-state index < -0.39 is 0 Å². The molecule has 0 radical (unpaired) electrons. The van der Waals surface area contributed by atoms with Crippen LogP contribution in [0.25, 0.3) is 10.9 Å². The molecule has 0 atom stereocenters. The Morgan fingerprint density at radius 2 is 1.58 bits per heavy atom. The van der Waals surface area contributed by atoms with E-state index in [1.165, 1.54) is 0 Å². The Kier molecular flexibility index (Phi) is 6.28. The molecule has 0 saturated heterocycles. The van der Waals surface area contributed by atoms with Crippen molar-refractivity contribution in [2.45, 2.75) is 26.3 Å². The molecule has 0 aliphatic carbocycles. The molecule has 0 saturated carbocycles. The Morgan fingerprint density at radius 1 is 0.903 bits per heavy atom. The number of hydrogen-bond acceptors (Lipinski definition) is 3. The van der Waals surface area contributed by atoms with Crippen molar-refractivity contribution in [1.29, 1.82) is 0 Å². The van der Waals surface area contributed by atoms with E-state index in [1.54, 1.807) is 31.4 Å². The van der Waals surface area contributed by atoms with Gasteiger partial charge < -0.3 is 14.0 Å². The molecule has 0 unspecified atom stereocenters. The first-order valence-corrected chi connectivity index (χ1v) is 10.7. The van der Waals surface area contributed by atoms with Gasteiger partial charge >= 0.3 is 0 Å². The first-order chi connectivity index (χ1) is 15.1. The van der Waals surface area contributed by atoms with E-state index in [1.807, 2.05) is 48.5 Å². The van der Waals surface area contributed by atoms with Crippen molar-refractivity contribution in [1.82, 2.24) is 4.57 Å². The maximum absolute atomic E-state index is 13.3. The predicted octanol–water partition coefficient (Wildman–Crippen LogP) is 7.13. The fraction of sp³-hybridized carbons (Fsp3) is 0.192. The molecule has 31 heavy (non-hydrogen) atoms. The van der Waals surface area contributed by atoms with Crippen LogP contribution in [0, 0.1) is 0 Å². The molecule has 0 fully saturated rings. The quantitative estimate of drug-likeness (QED) is 0.277. The first kappa shape index (κ1) is 21.0. The summed E-state index contributed by atoms with van der Waals surface area (Å²) in [5.41, 5.74) is 2.34. The Morgan fingerprint density at radius 3 is 2.26 bits per heavy atom. The zero-order valence-corrected chi connectivity index (χ0v) is 18.4. The number of halogens is 1. The molecule has 0 aliphatic heterocycles. The van der Waals surface area contributed by atoms with Gasteiger partial charge in [-0.2, -0.15) is 0 Å². The number of methoxy groups -OCH3 is 1. The maximum Gasteiger partial charge on any atom is 0.209 e. The Bertz CT molecular complexity index is 1190. The smallest absolute Gasteiger partial charge is 0.209 e. The second kappa shape index (κ2) is 9.27. The van der Waals surface area contributed by atoms with E-state index in [9.17, 15) is 4.79 Å². The van der Waals surface area contributed by atoms with Gasteiger partial charge in [-0.25, -0.2) is 0 Å². The lowest BCUT2D eigenvalue weighted by molar-refractivity contribution is 0.103. The number of hydrogen-bond donors (Lipinski definition) is 0. The van der Waals surface area contributed by atoms with Gasteiger partial charge in [-0.1, -0.05) is 24.9 Å². The molecule has 0 amide bonds. The molecule has 5 heteroatoms. The average Bonchev–Trinajstić information content (AvgIpc) is 3.16. The molecule has 4 nitrogen and oxygen atoms in total. The first-order valence-electron chi connectivity index (χ1n) is 10.3. The molecule has 158 valence electrons. The molecule has 4 aromatic rings. The van der Waals surface area contributed by atoms with Gasteiger partial charge in [0.1, 0.15) is 17.2 Å². The fourth-order valence-electron chi connectivity index (χ4n) is 3.59. The van der Waals surface area contributed by atoms with Crippen LogP contribution in [0.2, 0.25) is 5.02 Å². The van der Waals surface area contributed by atoms with Crippen molar-refractivity contribution in [3.8, 4) is 17.2 Å². The highest BCUT2D eigenvalue weighted by Crippen LogP contribution is 2.30. The number of carbonyl (C=O) groups is 1. The van der Waals surface area contributed by atoms with Crippen LogP contribution in [0.15, 0.2) is 72.8 Å². The Labute approximate surface area is 187 Å². The molecular weight excluding hydrogens is 410 g/mol. The summed E-state index contributed by atoms with van der Waals surface area (Å²) in [6.07, 6.45) is 2.04. The van der Waals surface area contributed by atoms with E-state index in [4.69, 9.17) is 21.1 Å². The van der Waals surface area contributed by atoms with Gasteiger partial charge in [-0.3, -0.25) is 4.79 Å². The van der Waals surface area contributed by atoms with Gasteiger partial charge in [0, 0.05) is 28.0 Å². The van der Waals surface area contributed by atoms with Crippen molar-refractivity contribution < 1.29 is 14.3 Å². The maximum atomic E-state index is 13.3. The van der Waals surface area contributed by atoms with Crippen LogP contribution >= 0.6 is 11.6 Å². The van der Waals surface area contributed by atoms with E-state index in [2.05, 4.69) is 11.5 Å². The topological polar surface area (TPSA) is 40.5 Å². The van der Waals surface area contributed by atoms with Crippen LogP contribution in [0.1, 0.15) is 35.8 Å². The van der Waals surface area contributed by atoms with Gasteiger partial charge in [0.05, 0.1) is 12.8 Å². The van der Waals surface area contributed by atoms with E-state index >= 15 is 0 Å². The second-order valence-corrected chi connectivity index (χ2v) is 7.81. The van der Waals surface area contributed by atoms with Crippen LogP contribution in [-0.2, 0) is 6.54 Å². The standard InChI is InChI=1S/C26H24ClNO3/c1-3-4-15-28-24-14-13-23(31-22-11-7-20(27)8-12-22)16-19(24)17-25(28)26(29)18-5-9-21(30-2)10-6-18/h5-14,16-17H,3-4,15H2,1-2H3. The number of benzene rings is 3. The van der Waals surface area contributed by atoms with E-state index in [0.717, 1.165) is 36.0 Å². The van der Waals surface area contributed by atoms with Gasteiger partial charge in [-0.05, 0) is 79.2 Å². The lowest BCUT2D eigenvalue weighted by atomic mass is 10.1. The van der Waals surface area contributed by atoms with Crippen molar-refractivity contribution in [2.75, 3.05) is 7.11 Å². The van der Waals surface area contributed by atoms with Gasteiger partial charge in [0.15, 0.2) is 0 Å². The number of aromatic nitrogens is 1. The minimum atomic E-state index is -0.00451. The highest BCUT2D eigenvalue weighted by Gasteiger charge is 2.18. The third kappa shape index (κ3) is 4.59. The van der Waals surface area contributed by atoms with Crippen LogP contribution < -0.4 is 9.47 Å². The van der Waals surface area contributed by atoms with Crippen molar-refractivity contribution in [3.63, 3.8) is 0 Å². The molecule has 3 aromatic carbocycles. The van der Waals surface area contributed by atoms with Gasteiger partial charge in [0.25, 0.3) is 0 Å². The van der Waals surface area contributed by atoms with Crippen molar-refractivity contribution in [3.05, 3.63) is 89.1 Å². The van der Waals surface area contributed by atoms with E-state index in [0.29, 0.717) is 27.8 Å². The third-order valence-electron chi connectivity index (χ3n) is 5.24. The third-order valence-corrected chi connectivity index (χ3v) is 5.49. The molecule has 0 aliphatic rings. The average molecular weight is 434 g/mol. The Hall–Kier alpha value is -3.24. The lowest BCUT2D eigenvalue weighted by Gasteiger charge is -2.11. The summed E-state index contributed by atoms with van der Waals surface area (Å²) in [6, 6.07) is 22.3. The fourth-order valence-corrected chi connectivity index (χ4v) is 3.71. The van der Waals surface area contributed by atoms with Crippen molar-refractivity contribution in [2.24, 2.45) is 0 Å². The SMILES string of the molecule is CCCCn1c(C(=O)c2ccc(OC)cc2)cc2cc(Oc3ccc(Cl)cc3)ccc21. The lowest BCUT2D eigenvalue weighted by Crippen LogP contribution is -2.10. The number of ketones is 1. The number of carbonyl (C=O) groups excluding carboxylic acids is 1. The molecule has 1 heterocycles. The zero-order chi connectivity index (χ0) is 21.8. The molecule has 4 rings (SSSR count). The van der Waals surface area contributed by atoms with Gasteiger partial charge in [0.2, 0.25) is 5.78 Å². The molecule has 0 bridgehead atoms. The van der Waals surface area contributed by atoms with Crippen LogP contribution in [0.4, 0.5) is 0 Å². The summed E-state index contributed by atoms with van der Waals surface area (Å²) >= 11 is 5.95. The molecule has 0 N–H and O–H groups in total. The summed E-state index contributed by atoms with van der Waals surface area (Å²) in [4.78, 5) is 13.3. The highest BCUT2D eigenvalue weighted by atomic mass is 35.5. The molecular formula is C26H24ClNO3. The number of rotatable bonds is 8. The number of aryl methyl sites for hydroxylation is 1. The largest absolute Gasteiger partial charge is 0.497 e. The number of nitrogens with zero attached hydrogens (tertiary/aromatic N) is 1. The summed E-state index contributed by atoms with van der Waals surface area (Å²) in [6.45, 7) is 2.93. The Balaban J connectivity index is 1.70. The monoisotopic (exact) mass is 433 g/mol. The summed E-state index contributed by atoms with van der Waals surface area (Å²) in [5.74, 6) is 2.15. The summed E-state index contributed by atoms with van der Waals surface area (Å²) < 4.78 is 13.3. The molecule has 1 aromatic heterocycles. The number of unbranched alkanes of at least 4 members (excludes halogenated alkanes) is 1. The van der Waals surface area contributed by atoms with Crippen LogP contribution in [0.3, 0.4) is 0 Å². The van der Waals surface area contributed by atoms with Gasteiger partial charge in [-0.15, -0.1) is 0 Å².